The minimum Gasteiger partial charge on any atom is -0.459 e. The Morgan fingerprint density at radius 1 is 1.21 bits per heavy atom. The van der Waals surface area contributed by atoms with E-state index in [4.69, 9.17) is 4.42 Å². The van der Waals surface area contributed by atoms with Crippen LogP contribution in [-0.4, -0.2) is 15.7 Å². The second-order valence-corrected chi connectivity index (χ2v) is 5.83. The summed E-state index contributed by atoms with van der Waals surface area (Å²) in [6, 6.07) is 9.54. The molecule has 1 amide bonds. The second-order valence-electron chi connectivity index (χ2n) is 5.83. The van der Waals surface area contributed by atoms with Gasteiger partial charge < -0.3 is 9.73 Å². The molecule has 0 saturated carbocycles. The zero-order chi connectivity index (χ0) is 16.5. The molecular weight excluding hydrogens is 309 g/mol. The molecule has 1 aliphatic rings. The number of halogens is 1. The first-order valence-corrected chi connectivity index (χ1v) is 7.92. The van der Waals surface area contributed by atoms with Crippen molar-refractivity contribution >= 4 is 11.7 Å². The van der Waals surface area contributed by atoms with E-state index in [1.807, 2.05) is 10.7 Å². The Hall–Kier alpha value is -2.89. The molecule has 1 N–H and O–H groups in total. The van der Waals surface area contributed by atoms with Crippen molar-refractivity contribution < 1.29 is 13.6 Å². The Kier molecular flexibility index (Phi) is 3.65. The van der Waals surface area contributed by atoms with E-state index >= 15 is 0 Å². The number of anilines is 1. The molecule has 4 rings (SSSR count). The van der Waals surface area contributed by atoms with Crippen LogP contribution in [0.25, 0.3) is 11.1 Å². The molecule has 0 saturated heterocycles. The normalized spacial score (nSPS) is 13.5. The molecule has 0 bridgehead atoms. The smallest absolute Gasteiger partial charge is 0.293 e. The lowest BCUT2D eigenvalue weighted by Gasteiger charge is -2.11. The van der Waals surface area contributed by atoms with Crippen LogP contribution in [0.2, 0.25) is 0 Å². The van der Waals surface area contributed by atoms with Gasteiger partial charge in [0.1, 0.15) is 5.82 Å². The van der Waals surface area contributed by atoms with Gasteiger partial charge in [0.15, 0.2) is 11.6 Å². The van der Waals surface area contributed by atoms with E-state index in [0.717, 1.165) is 37.1 Å². The highest BCUT2D eigenvalue weighted by Gasteiger charge is 2.19. The fourth-order valence-electron chi connectivity index (χ4n) is 2.99. The summed E-state index contributed by atoms with van der Waals surface area (Å²) >= 11 is 0. The number of benzene rings is 1. The molecule has 5 nitrogen and oxygen atoms in total. The summed E-state index contributed by atoms with van der Waals surface area (Å²) in [6.07, 6.45) is 4.68. The average Bonchev–Trinajstić information content (AvgIpc) is 3.21. The molecule has 0 aliphatic carbocycles. The van der Waals surface area contributed by atoms with E-state index in [1.165, 1.54) is 18.4 Å². The lowest BCUT2D eigenvalue weighted by atomic mass is 10.1. The monoisotopic (exact) mass is 325 g/mol. The van der Waals surface area contributed by atoms with Gasteiger partial charge in [-0.1, -0.05) is 12.1 Å². The van der Waals surface area contributed by atoms with Crippen molar-refractivity contribution in [3.8, 4) is 11.1 Å². The van der Waals surface area contributed by atoms with Gasteiger partial charge in [0.2, 0.25) is 0 Å². The zero-order valence-electron chi connectivity index (χ0n) is 13.0. The first kappa shape index (κ1) is 14.7. The number of furan rings is 1. The van der Waals surface area contributed by atoms with Gasteiger partial charge in [-0.2, -0.15) is 5.10 Å². The number of nitrogens with zero attached hydrogens (tertiary/aromatic N) is 2. The molecule has 2 aromatic heterocycles. The average molecular weight is 325 g/mol. The van der Waals surface area contributed by atoms with Gasteiger partial charge in [-0.05, 0) is 43.0 Å². The predicted octanol–water partition coefficient (Wildman–Crippen LogP) is 3.87. The van der Waals surface area contributed by atoms with Crippen LogP contribution in [0.4, 0.5) is 10.2 Å². The standard InChI is InChI=1S/C18H16FN3O2/c19-13-6-4-12(5-7-13)15-8-10-24-17(15)18(23)20-16-11-14-3-1-2-9-22(14)21-16/h4-8,10-11H,1-3,9H2,(H,20,21,23). The minimum absolute atomic E-state index is 0.188. The van der Waals surface area contributed by atoms with Crippen LogP contribution >= 0.6 is 0 Å². The third kappa shape index (κ3) is 2.71. The summed E-state index contributed by atoms with van der Waals surface area (Å²) in [5.41, 5.74) is 2.48. The number of hydrogen-bond donors (Lipinski definition) is 1. The molecule has 1 aliphatic heterocycles. The van der Waals surface area contributed by atoms with Gasteiger partial charge in [0.05, 0.1) is 6.26 Å². The van der Waals surface area contributed by atoms with Crippen molar-refractivity contribution in [1.29, 1.82) is 0 Å². The Labute approximate surface area is 138 Å². The molecule has 1 aromatic carbocycles. The summed E-state index contributed by atoms with van der Waals surface area (Å²) in [7, 11) is 0. The van der Waals surface area contributed by atoms with Gasteiger partial charge in [-0.15, -0.1) is 0 Å². The van der Waals surface area contributed by atoms with Crippen molar-refractivity contribution in [2.45, 2.75) is 25.8 Å². The minimum atomic E-state index is -0.366. The van der Waals surface area contributed by atoms with Crippen LogP contribution in [0.3, 0.4) is 0 Å². The van der Waals surface area contributed by atoms with Crippen molar-refractivity contribution in [1.82, 2.24) is 9.78 Å². The molecule has 0 spiro atoms. The summed E-state index contributed by atoms with van der Waals surface area (Å²) in [5.74, 6) is 0.0255. The fourth-order valence-corrected chi connectivity index (χ4v) is 2.99. The van der Waals surface area contributed by atoms with Gasteiger partial charge in [-0.3, -0.25) is 9.48 Å². The molecule has 24 heavy (non-hydrogen) atoms. The highest BCUT2D eigenvalue weighted by atomic mass is 19.1. The Bertz CT molecular complexity index is 857. The van der Waals surface area contributed by atoms with Crippen LogP contribution in [0.5, 0.6) is 0 Å². The third-order valence-corrected chi connectivity index (χ3v) is 4.18. The molecule has 0 unspecified atom stereocenters. The topological polar surface area (TPSA) is 60.1 Å². The number of fused-ring (bicyclic) bond motifs is 1. The molecule has 122 valence electrons. The Balaban J connectivity index is 1.58. The first-order valence-electron chi connectivity index (χ1n) is 7.92. The van der Waals surface area contributed by atoms with E-state index in [0.29, 0.717) is 11.4 Å². The van der Waals surface area contributed by atoms with Gasteiger partial charge in [0.25, 0.3) is 5.91 Å². The number of nitrogens with one attached hydrogen (secondary N) is 1. The quantitative estimate of drug-likeness (QED) is 0.795. The SMILES string of the molecule is O=C(Nc1cc2n(n1)CCCC2)c1occc1-c1ccc(F)cc1. The summed E-state index contributed by atoms with van der Waals surface area (Å²) < 4.78 is 20.4. The third-order valence-electron chi connectivity index (χ3n) is 4.18. The van der Waals surface area contributed by atoms with E-state index in [-0.39, 0.29) is 17.5 Å². The number of carbonyl (C=O) groups excluding carboxylic acids is 1. The number of carbonyl (C=O) groups is 1. The van der Waals surface area contributed by atoms with Crippen LogP contribution in [0, 0.1) is 5.82 Å². The molecule has 0 fully saturated rings. The van der Waals surface area contributed by atoms with Crippen LogP contribution < -0.4 is 5.32 Å². The van der Waals surface area contributed by atoms with Gasteiger partial charge in [-0.25, -0.2) is 4.39 Å². The van der Waals surface area contributed by atoms with Crippen LogP contribution in [-0.2, 0) is 13.0 Å². The van der Waals surface area contributed by atoms with E-state index in [1.54, 1.807) is 18.2 Å². The number of rotatable bonds is 3. The van der Waals surface area contributed by atoms with Crippen molar-refractivity contribution in [2.24, 2.45) is 0 Å². The summed E-state index contributed by atoms with van der Waals surface area (Å²) in [6.45, 7) is 0.882. The van der Waals surface area contributed by atoms with E-state index in [9.17, 15) is 9.18 Å². The number of hydrogen-bond acceptors (Lipinski definition) is 3. The molecule has 0 atom stereocenters. The first-order chi connectivity index (χ1) is 11.7. The molecule has 3 heterocycles. The molecule has 6 heteroatoms. The molecular formula is C18H16FN3O2. The maximum atomic E-state index is 13.1. The summed E-state index contributed by atoms with van der Waals surface area (Å²) in [4.78, 5) is 12.5. The Morgan fingerprint density at radius 2 is 2.04 bits per heavy atom. The number of amides is 1. The maximum Gasteiger partial charge on any atom is 0.293 e. The predicted molar refractivity (Wildman–Crippen MR) is 87.2 cm³/mol. The van der Waals surface area contributed by atoms with Crippen LogP contribution in [0.15, 0.2) is 47.1 Å². The van der Waals surface area contributed by atoms with E-state index in [2.05, 4.69) is 10.4 Å². The second kappa shape index (κ2) is 5.96. The van der Waals surface area contributed by atoms with E-state index < -0.39 is 0 Å². The van der Waals surface area contributed by atoms with Crippen molar-refractivity contribution in [3.05, 3.63) is 59.9 Å². The van der Waals surface area contributed by atoms with Gasteiger partial charge in [0, 0.05) is 23.9 Å². The number of aryl methyl sites for hydroxylation is 2. The lowest BCUT2D eigenvalue weighted by Crippen LogP contribution is -2.13. The largest absolute Gasteiger partial charge is 0.459 e. The highest BCUT2D eigenvalue weighted by molar-refractivity contribution is 6.06. The fraction of sp³-hybridized carbons (Fsp3) is 0.222. The Morgan fingerprint density at radius 3 is 2.83 bits per heavy atom. The van der Waals surface area contributed by atoms with Crippen LogP contribution in [0.1, 0.15) is 29.1 Å². The van der Waals surface area contributed by atoms with Crippen molar-refractivity contribution in [2.75, 3.05) is 5.32 Å². The summed E-state index contributed by atoms with van der Waals surface area (Å²) in [5, 5.41) is 7.19. The molecule has 0 radical (unpaired) electrons. The lowest BCUT2D eigenvalue weighted by molar-refractivity contribution is 0.0997. The van der Waals surface area contributed by atoms with Crippen molar-refractivity contribution in [3.63, 3.8) is 0 Å². The maximum absolute atomic E-state index is 13.1. The zero-order valence-corrected chi connectivity index (χ0v) is 13.0. The van der Waals surface area contributed by atoms with Gasteiger partial charge >= 0.3 is 0 Å². The number of aromatic nitrogens is 2. The molecule has 3 aromatic rings. The highest BCUT2D eigenvalue weighted by Crippen LogP contribution is 2.26.